The molecule has 0 saturated carbocycles. The Morgan fingerprint density at radius 2 is 2.00 bits per heavy atom. The lowest BCUT2D eigenvalue weighted by Gasteiger charge is -2.17. The van der Waals surface area contributed by atoms with E-state index < -0.39 is 12.0 Å². The van der Waals surface area contributed by atoms with Crippen molar-refractivity contribution >= 4 is 5.97 Å². The molecule has 16 heavy (non-hydrogen) atoms. The number of carboxylic acid groups (broad SMARTS) is 1. The first-order chi connectivity index (χ1) is 7.70. The number of hydrogen-bond acceptors (Lipinski definition) is 2. The van der Waals surface area contributed by atoms with Crippen LogP contribution in [0.25, 0.3) is 0 Å². The Morgan fingerprint density at radius 3 is 2.44 bits per heavy atom. The fourth-order valence-electron chi connectivity index (χ4n) is 2.32. The molecule has 0 radical (unpaired) electrons. The van der Waals surface area contributed by atoms with Crippen LogP contribution < -0.4 is 5.32 Å². The summed E-state index contributed by atoms with van der Waals surface area (Å²) in [6.07, 6.45) is 2.52. The molecule has 3 heteroatoms. The van der Waals surface area contributed by atoms with Gasteiger partial charge >= 0.3 is 5.97 Å². The molecule has 2 N–H and O–H groups in total. The largest absolute Gasteiger partial charge is 0.480 e. The van der Waals surface area contributed by atoms with Crippen molar-refractivity contribution < 1.29 is 9.90 Å². The molecule has 1 atom stereocenters. The van der Waals surface area contributed by atoms with E-state index in [0.29, 0.717) is 6.42 Å². The molecular weight excluding hydrogens is 202 g/mol. The van der Waals surface area contributed by atoms with Crippen LogP contribution in [0.1, 0.15) is 24.5 Å². The summed E-state index contributed by atoms with van der Waals surface area (Å²) < 4.78 is 0. The highest BCUT2D eigenvalue weighted by Crippen LogP contribution is 2.22. The molecule has 0 aromatic heterocycles. The Labute approximate surface area is 95.5 Å². The third-order valence-corrected chi connectivity index (χ3v) is 3.19. The van der Waals surface area contributed by atoms with Crippen molar-refractivity contribution in [3.8, 4) is 0 Å². The molecule has 1 aromatic rings. The maximum absolute atomic E-state index is 10.9. The molecule has 0 spiro atoms. The van der Waals surface area contributed by atoms with E-state index in [1.807, 2.05) is 19.1 Å². The number of rotatable bonds is 4. The first-order valence-corrected chi connectivity index (χ1v) is 5.76. The monoisotopic (exact) mass is 219 g/mol. The van der Waals surface area contributed by atoms with Crippen molar-refractivity contribution in [1.29, 1.82) is 0 Å². The Kier molecular flexibility index (Phi) is 3.25. The molecule has 3 nitrogen and oxygen atoms in total. The van der Waals surface area contributed by atoms with Gasteiger partial charge in [-0.05, 0) is 30.4 Å². The molecule has 86 valence electrons. The molecular formula is C13H17NO2. The second-order valence-corrected chi connectivity index (χ2v) is 4.34. The maximum Gasteiger partial charge on any atom is 0.320 e. The van der Waals surface area contributed by atoms with Gasteiger partial charge in [-0.1, -0.05) is 31.2 Å². The second kappa shape index (κ2) is 4.66. The van der Waals surface area contributed by atoms with Crippen LogP contribution >= 0.6 is 0 Å². The van der Waals surface area contributed by atoms with Crippen molar-refractivity contribution in [2.45, 2.75) is 38.3 Å². The maximum atomic E-state index is 10.9. The van der Waals surface area contributed by atoms with E-state index in [-0.39, 0.29) is 6.04 Å². The van der Waals surface area contributed by atoms with Crippen molar-refractivity contribution in [2.75, 3.05) is 0 Å². The average Bonchev–Trinajstić information content (AvgIpc) is 2.67. The molecule has 1 aromatic carbocycles. The zero-order valence-corrected chi connectivity index (χ0v) is 9.44. The molecule has 1 aliphatic carbocycles. The van der Waals surface area contributed by atoms with Crippen LogP contribution in [0.3, 0.4) is 0 Å². The molecule has 0 heterocycles. The molecule has 0 saturated heterocycles. The number of carboxylic acids is 1. The molecule has 0 bridgehead atoms. The van der Waals surface area contributed by atoms with Gasteiger partial charge in [-0.3, -0.25) is 4.79 Å². The van der Waals surface area contributed by atoms with E-state index in [9.17, 15) is 4.79 Å². The van der Waals surface area contributed by atoms with Crippen LogP contribution in [0, 0.1) is 0 Å². The van der Waals surface area contributed by atoms with Crippen LogP contribution in [-0.2, 0) is 17.6 Å². The number of benzene rings is 1. The molecule has 0 fully saturated rings. The standard InChI is InChI=1S/C13H17NO2/c1-2-12(13(15)16)14-11-7-9-5-3-4-6-10(9)8-11/h3-6,11-12,14H,2,7-8H2,1H3,(H,15,16). The third-order valence-electron chi connectivity index (χ3n) is 3.19. The topological polar surface area (TPSA) is 49.3 Å². The Hall–Kier alpha value is -1.35. The molecule has 0 aliphatic heterocycles. The second-order valence-electron chi connectivity index (χ2n) is 4.34. The predicted molar refractivity (Wildman–Crippen MR) is 62.5 cm³/mol. The highest BCUT2D eigenvalue weighted by molar-refractivity contribution is 5.73. The minimum Gasteiger partial charge on any atom is -0.480 e. The fraction of sp³-hybridized carbons (Fsp3) is 0.462. The van der Waals surface area contributed by atoms with Crippen LogP contribution in [-0.4, -0.2) is 23.2 Å². The quantitative estimate of drug-likeness (QED) is 0.808. The van der Waals surface area contributed by atoms with Gasteiger partial charge in [-0.2, -0.15) is 0 Å². The average molecular weight is 219 g/mol. The van der Waals surface area contributed by atoms with Crippen molar-refractivity contribution in [1.82, 2.24) is 5.32 Å². The van der Waals surface area contributed by atoms with Gasteiger partial charge in [-0.15, -0.1) is 0 Å². The van der Waals surface area contributed by atoms with Crippen molar-refractivity contribution in [3.63, 3.8) is 0 Å². The van der Waals surface area contributed by atoms with Gasteiger partial charge in [0.1, 0.15) is 6.04 Å². The summed E-state index contributed by atoms with van der Waals surface area (Å²) in [6.45, 7) is 1.90. The number of hydrogen-bond donors (Lipinski definition) is 2. The van der Waals surface area contributed by atoms with Gasteiger partial charge < -0.3 is 10.4 Å². The fourth-order valence-corrected chi connectivity index (χ4v) is 2.32. The predicted octanol–water partition coefficient (Wildman–Crippen LogP) is 1.61. The molecule has 0 amide bonds. The summed E-state index contributed by atoms with van der Waals surface area (Å²) in [5, 5.41) is 12.2. The minimum absolute atomic E-state index is 0.276. The van der Waals surface area contributed by atoms with Gasteiger partial charge in [0.15, 0.2) is 0 Å². The Balaban J connectivity index is 1.99. The van der Waals surface area contributed by atoms with E-state index in [2.05, 4.69) is 17.4 Å². The Bertz CT molecular complexity index is 364. The summed E-state index contributed by atoms with van der Waals surface area (Å²) in [4.78, 5) is 10.9. The number of fused-ring (bicyclic) bond motifs is 1. The zero-order valence-electron chi connectivity index (χ0n) is 9.44. The summed E-state index contributed by atoms with van der Waals surface area (Å²) >= 11 is 0. The van der Waals surface area contributed by atoms with Gasteiger partial charge in [0, 0.05) is 6.04 Å². The van der Waals surface area contributed by atoms with Gasteiger partial charge in [-0.25, -0.2) is 0 Å². The van der Waals surface area contributed by atoms with Crippen molar-refractivity contribution in [2.24, 2.45) is 0 Å². The van der Waals surface area contributed by atoms with E-state index >= 15 is 0 Å². The van der Waals surface area contributed by atoms with E-state index in [4.69, 9.17) is 5.11 Å². The van der Waals surface area contributed by atoms with Crippen LogP contribution in [0.4, 0.5) is 0 Å². The number of nitrogens with one attached hydrogen (secondary N) is 1. The summed E-state index contributed by atoms with van der Waals surface area (Å²) in [7, 11) is 0. The van der Waals surface area contributed by atoms with Crippen LogP contribution in [0.5, 0.6) is 0 Å². The third kappa shape index (κ3) is 2.25. The number of carbonyl (C=O) groups is 1. The SMILES string of the molecule is CCC(NC1Cc2ccccc2C1)C(=O)O. The first-order valence-electron chi connectivity index (χ1n) is 5.76. The summed E-state index contributed by atoms with van der Waals surface area (Å²) in [5.41, 5.74) is 2.69. The normalized spacial score (nSPS) is 17.1. The highest BCUT2D eigenvalue weighted by Gasteiger charge is 2.25. The molecule has 1 unspecified atom stereocenters. The van der Waals surface area contributed by atoms with Gasteiger partial charge in [0.05, 0.1) is 0 Å². The lowest BCUT2D eigenvalue weighted by molar-refractivity contribution is -0.139. The first kappa shape index (κ1) is 11.1. The highest BCUT2D eigenvalue weighted by atomic mass is 16.4. The van der Waals surface area contributed by atoms with E-state index in [0.717, 1.165) is 12.8 Å². The lowest BCUT2D eigenvalue weighted by Crippen LogP contribution is -2.43. The zero-order chi connectivity index (χ0) is 11.5. The summed E-state index contributed by atoms with van der Waals surface area (Å²) in [5.74, 6) is -0.751. The van der Waals surface area contributed by atoms with Gasteiger partial charge in [0.25, 0.3) is 0 Å². The molecule has 2 rings (SSSR count). The van der Waals surface area contributed by atoms with Crippen LogP contribution in [0.2, 0.25) is 0 Å². The van der Waals surface area contributed by atoms with E-state index in [1.165, 1.54) is 11.1 Å². The smallest absolute Gasteiger partial charge is 0.320 e. The minimum atomic E-state index is -0.751. The van der Waals surface area contributed by atoms with Crippen LogP contribution in [0.15, 0.2) is 24.3 Å². The van der Waals surface area contributed by atoms with Crippen molar-refractivity contribution in [3.05, 3.63) is 35.4 Å². The Morgan fingerprint density at radius 1 is 1.44 bits per heavy atom. The molecule has 1 aliphatic rings. The number of aliphatic carboxylic acids is 1. The van der Waals surface area contributed by atoms with Gasteiger partial charge in [0.2, 0.25) is 0 Å². The summed E-state index contributed by atoms with van der Waals surface area (Å²) in [6, 6.07) is 8.18. The van der Waals surface area contributed by atoms with E-state index in [1.54, 1.807) is 0 Å². The lowest BCUT2D eigenvalue weighted by atomic mass is 10.1.